The van der Waals surface area contributed by atoms with Gasteiger partial charge in [-0.15, -0.1) is 0 Å². The Morgan fingerprint density at radius 3 is 0.479 bits per heavy atom. The van der Waals surface area contributed by atoms with Gasteiger partial charge in [0.25, 0.3) is 0 Å². The number of rotatable bonds is 0. The van der Waals surface area contributed by atoms with Crippen molar-refractivity contribution in [3.63, 3.8) is 0 Å². The molecule has 6 aromatic carbocycles. The maximum Gasteiger partial charge on any atom is 0.106 e. The van der Waals surface area contributed by atoms with Crippen LogP contribution in [-0.4, -0.2) is 37.4 Å². The van der Waals surface area contributed by atoms with Crippen LogP contribution in [0.4, 0.5) is 0 Å². The molecular weight excluding hydrogens is 1150 g/mol. The van der Waals surface area contributed by atoms with E-state index in [1.54, 1.807) is 0 Å². The molecule has 0 aliphatic heterocycles. The van der Waals surface area contributed by atoms with Crippen molar-refractivity contribution in [2.24, 2.45) is 42.3 Å². The Labute approximate surface area is 567 Å². The van der Waals surface area contributed by atoms with Crippen molar-refractivity contribution in [1.82, 2.24) is 37.4 Å². The molecule has 0 saturated heterocycles. The highest BCUT2D eigenvalue weighted by Gasteiger charge is 2.22. The second-order valence-corrected chi connectivity index (χ2v) is 28.8. The Bertz CT molecular complexity index is 4340. The Kier molecular flexibility index (Phi) is 21.1. The van der Waals surface area contributed by atoms with Gasteiger partial charge in [0.05, 0.1) is 44.1 Å². The van der Waals surface area contributed by atoms with Crippen molar-refractivity contribution in [3.8, 4) is 0 Å². The summed E-state index contributed by atoms with van der Waals surface area (Å²) < 4.78 is 13.7. The Balaban J connectivity index is 0.000000160. The fraction of sp³-hybridized carbons (Fsp3) is 0.465. The standard InChI is InChI=1S/4C15H21N.2C13H18N2/c4*1-8-9(2)11(4)15-14(10(8)3)12(5)13(6)16(15)7;2*1-7-8(2)10(4)13-12(9(7)3)14-11(5)15(13)6/h4*1-7H3;2*1-6H3. The summed E-state index contributed by atoms with van der Waals surface area (Å²) in [4.78, 5) is 9.28. The largest absolute Gasteiger partial charge is 0.347 e. The third-order valence-corrected chi connectivity index (χ3v) is 25.1. The van der Waals surface area contributed by atoms with E-state index in [9.17, 15) is 0 Å². The number of aryl methyl sites for hydroxylation is 24. The van der Waals surface area contributed by atoms with Crippen molar-refractivity contribution in [3.05, 3.63) is 190 Å². The Morgan fingerprint density at radius 2 is 0.298 bits per heavy atom. The van der Waals surface area contributed by atoms with Crippen LogP contribution in [0.2, 0.25) is 0 Å². The monoisotopic (exact) mass is 1260 g/mol. The van der Waals surface area contributed by atoms with Crippen LogP contribution in [0.1, 0.15) is 190 Å². The van der Waals surface area contributed by atoms with Gasteiger partial charge in [0.15, 0.2) is 0 Å². The minimum atomic E-state index is 1.08. The second-order valence-electron chi connectivity index (χ2n) is 28.8. The fourth-order valence-electron chi connectivity index (χ4n) is 15.5. The lowest BCUT2D eigenvalue weighted by atomic mass is 9.94. The van der Waals surface area contributed by atoms with Gasteiger partial charge in [0.2, 0.25) is 0 Å². The predicted molar refractivity (Wildman–Crippen MR) is 414 cm³/mol. The molecule has 0 bridgehead atoms. The third-order valence-electron chi connectivity index (χ3n) is 25.1. The molecule has 0 saturated carbocycles. The Morgan fingerprint density at radius 1 is 0.149 bits per heavy atom. The third kappa shape index (κ3) is 11.7. The summed E-state index contributed by atoms with van der Waals surface area (Å²) in [5, 5.41) is 5.84. The molecule has 504 valence electrons. The molecule has 12 rings (SSSR count). The van der Waals surface area contributed by atoms with Crippen LogP contribution in [0.3, 0.4) is 0 Å². The number of nitrogens with zero attached hydrogens (tertiary/aromatic N) is 8. The van der Waals surface area contributed by atoms with Crippen LogP contribution in [0.15, 0.2) is 0 Å². The van der Waals surface area contributed by atoms with Crippen LogP contribution in [0.25, 0.3) is 65.7 Å². The minimum absolute atomic E-state index is 1.08. The highest BCUT2D eigenvalue weighted by molar-refractivity contribution is 5.96. The molecule has 0 amide bonds. The van der Waals surface area contributed by atoms with E-state index < -0.39 is 0 Å². The molecule has 0 N–H and O–H groups in total. The lowest BCUT2D eigenvalue weighted by Gasteiger charge is -2.12. The average Bonchev–Trinajstić information content (AvgIpc) is 1.61. The molecule has 8 heteroatoms. The molecule has 94 heavy (non-hydrogen) atoms. The maximum absolute atomic E-state index is 4.64. The predicted octanol–water partition coefficient (Wildman–Crippen LogP) is 22.3. The molecule has 0 spiro atoms. The summed E-state index contributed by atoms with van der Waals surface area (Å²) in [5.41, 5.74) is 55.7. The van der Waals surface area contributed by atoms with Crippen LogP contribution >= 0.6 is 0 Å². The zero-order chi connectivity index (χ0) is 71.4. The number of hydrogen-bond acceptors (Lipinski definition) is 2. The van der Waals surface area contributed by atoms with Crippen LogP contribution in [0, 0.1) is 235 Å². The number of benzene rings is 6. The van der Waals surface area contributed by atoms with E-state index in [0.29, 0.717) is 0 Å². The van der Waals surface area contributed by atoms with Gasteiger partial charge in [-0.1, -0.05) is 0 Å². The molecule has 12 aromatic rings. The van der Waals surface area contributed by atoms with Gasteiger partial charge < -0.3 is 27.4 Å². The highest BCUT2D eigenvalue weighted by Crippen LogP contribution is 2.39. The molecular formula is C86H120N8. The van der Waals surface area contributed by atoms with Crippen LogP contribution in [0.5, 0.6) is 0 Å². The average molecular weight is 1270 g/mol. The van der Waals surface area contributed by atoms with E-state index >= 15 is 0 Å². The van der Waals surface area contributed by atoms with Gasteiger partial charge in [0.1, 0.15) is 11.6 Å². The summed E-state index contributed by atoms with van der Waals surface area (Å²) in [7, 11) is 12.9. The lowest BCUT2D eigenvalue weighted by Crippen LogP contribution is -1.97. The van der Waals surface area contributed by atoms with Crippen LogP contribution < -0.4 is 0 Å². The summed E-state index contributed by atoms with van der Waals surface area (Å²) in [5.74, 6) is 2.17. The van der Waals surface area contributed by atoms with Crippen molar-refractivity contribution in [2.45, 2.75) is 235 Å². The van der Waals surface area contributed by atoms with Crippen molar-refractivity contribution in [1.29, 1.82) is 0 Å². The lowest BCUT2D eigenvalue weighted by molar-refractivity contribution is 0.882. The molecule has 6 aromatic heterocycles. The van der Waals surface area contributed by atoms with E-state index in [-0.39, 0.29) is 0 Å². The molecule has 0 unspecified atom stereocenters. The van der Waals surface area contributed by atoms with Gasteiger partial charge in [-0.3, -0.25) is 0 Å². The molecule has 0 aliphatic rings. The van der Waals surface area contributed by atoms with Gasteiger partial charge >= 0.3 is 0 Å². The molecule has 0 atom stereocenters. The quantitative estimate of drug-likeness (QED) is 0.152. The van der Waals surface area contributed by atoms with Gasteiger partial charge in [-0.2, -0.15) is 0 Å². The maximum atomic E-state index is 4.64. The normalized spacial score (nSPS) is 11.4. The number of imidazole rings is 2. The van der Waals surface area contributed by atoms with Crippen LogP contribution in [-0.2, 0) is 42.3 Å². The smallest absolute Gasteiger partial charge is 0.106 e. The fourth-order valence-corrected chi connectivity index (χ4v) is 15.5. The Hall–Kier alpha value is -7.58. The first-order valence-electron chi connectivity index (χ1n) is 34.3. The molecule has 0 fully saturated rings. The summed E-state index contributed by atoms with van der Waals surface area (Å²) >= 11 is 0. The number of fused-ring (bicyclic) bond motifs is 6. The molecule has 0 radical (unpaired) electrons. The van der Waals surface area contributed by atoms with E-state index in [2.05, 4.69) is 315 Å². The number of hydrogen-bond donors (Lipinski definition) is 0. The minimum Gasteiger partial charge on any atom is -0.347 e. The van der Waals surface area contributed by atoms with E-state index in [4.69, 9.17) is 0 Å². The van der Waals surface area contributed by atoms with Crippen molar-refractivity contribution < 1.29 is 0 Å². The highest BCUT2D eigenvalue weighted by atomic mass is 15.1. The first-order valence-corrected chi connectivity index (χ1v) is 34.3. The topological polar surface area (TPSA) is 55.4 Å². The van der Waals surface area contributed by atoms with Gasteiger partial charge in [-0.25, -0.2) is 9.97 Å². The molecule has 6 heterocycles. The first-order chi connectivity index (χ1) is 43.4. The second kappa shape index (κ2) is 26.9. The zero-order valence-corrected chi connectivity index (χ0v) is 66.6. The van der Waals surface area contributed by atoms with E-state index in [1.807, 2.05) is 0 Å². The first kappa shape index (κ1) is 73.8. The van der Waals surface area contributed by atoms with Gasteiger partial charge in [0, 0.05) is 86.6 Å². The summed E-state index contributed by atoms with van der Waals surface area (Å²) in [6.45, 7) is 75.1. The zero-order valence-electron chi connectivity index (χ0n) is 66.6. The summed E-state index contributed by atoms with van der Waals surface area (Å²) in [6, 6.07) is 0. The summed E-state index contributed by atoms with van der Waals surface area (Å²) in [6.07, 6.45) is 0. The molecule has 0 aliphatic carbocycles. The van der Waals surface area contributed by atoms with Crippen molar-refractivity contribution in [2.75, 3.05) is 0 Å². The van der Waals surface area contributed by atoms with Crippen molar-refractivity contribution >= 4 is 65.7 Å². The van der Waals surface area contributed by atoms with Gasteiger partial charge in [-0.05, 0) is 391 Å². The molecule has 8 nitrogen and oxygen atoms in total. The van der Waals surface area contributed by atoms with E-state index in [0.717, 1.165) is 22.7 Å². The SMILES string of the molecule is Cc1c(C)c(C)c2c(c1C)c(C)c(C)n2C.Cc1c(C)c(C)c2c(c1C)c(C)c(C)n2C.Cc1c(C)c(C)c2c(c1C)c(C)c(C)n2C.Cc1c(C)c(C)c2c(c1C)c(C)c(C)n2C.Cc1c(C)c(C)c2c(nc(C)n2C)c1C.Cc1c(C)c(C)c2c(nc(C)n2C)c1C. The van der Waals surface area contributed by atoms with E-state index in [1.165, 1.54) is 233 Å². The number of aromatic nitrogens is 8.